The molecule has 1 heterocycles. The summed E-state index contributed by atoms with van der Waals surface area (Å²) in [6.45, 7) is 0.457. The van der Waals surface area contributed by atoms with E-state index in [0.717, 1.165) is 5.75 Å². The minimum absolute atomic E-state index is 0.191. The van der Waals surface area contributed by atoms with Crippen LogP contribution in [-0.4, -0.2) is 61.6 Å². The summed E-state index contributed by atoms with van der Waals surface area (Å²) in [7, 11) is 1.29. The van der Waals surface area contributed by atoms with Gasteiger partial charge in [0.25, 0.3) is 0 Å². The molecule has 8 nitrogen and oxygen atoms in total. The van der Waals surface area contributed by atoms with Crippen LogP contribution in [0, 0.1) is 0 Å². The number of hydrogen-bond donors (Lipinski definition) is 1. The van der Waals surface area contributed by atoms with Gasteiger partial charge < -0.3 is 24.4 Å². The molecule has 2 aromatic carbocycles. The molecule has 0 bridgehead atoms. The fraction of sp³-hybridized carbons (Fsp3) is 0.375. The van der Waals surface area contributed by atoms with Gasteiger partial charge >= 0.3 is 5.97 Å². The van der Waals surface area contributed by atoms with Gasteiger partial charge in [-0.05, 0) is 30.7 Å². The zero-order valence-corrected chi connectivity index (χ0v) is 18.1. The molecule has 1 saturated heterocycles. The summed E-state index contributed by atoms with van der Waals surface area (Å²) in [5.74, 6) is 0.316. The van der Waals surface area contributed by atoms with Crippen molar-refractivity contribution < 1.29 is 28.6 Å². The van der Waals surface area contributed by atoms with Crippen LogP contribution in [0.15, 0.2) is 60.7 Å². The highest BCUT2D eigenvalue weighted by molar-refractivity contribution is 5.89. The Morgan fingerprint density at radius 1 is 1.00 bits per heavy atom. The van der Waals surface area contributed by atoms with Crippen molar-refractivity contribution in [3.05, 3.63) is 60.7 Å². The highest BCUT2D eigenvalue weighted by Crippen LogP contribution is 2.24. The summed E-state index contributed by atoms with van der Waals surface area (Å²) in [6, 6.07) is 17.8. The number of benzene rings is 2. The van der Waals surface area contributed by atoms with E-state index in [1.807, 2.05) is 60.7 Å². The minimum atomic E-state index is -0.739. The van der Waals surface area contributed by atoms with E-state index < -0.39 is 12.0 Å². The van der Waals surface area contributed by atoms with Crippen LogP contribution in [-0.2, 0) is 19.1 Å². The predicted octanol–water partition coefficient (Wildman–Crippen LogP) is 2.18. The first-order chi connectivity index (χ1) is 15.6. The Hall–Kier alpha value is -3.55. The lowest BCUT2D eigenvalue weighted by atomic mass is 10.2. The second kappa shape index (κ2) is 11.7. The first-order valence-corrected chi connectivity index (χ1v) is 10.6. The van der Waals surface area contributed by atoms with E-state index in [2.05, 4.69) is 5.32 Å². The van der Waals surface area contributed by atoms with E-state index in [0.29, 0.717) is 25.2 Å². The van der Waals surface area contributed by atoms with Crippen molar-refractivity contribution in [3.8, 4) is 11.5 Å². The average molecular weight is 440 g/mol. The van der Waals surface area contributed by atoms with Gasteiger partial charge in [-0.15, -0.1) is 0 Å². The SMILES string of the molecule is COC(=O)[C@@H]1C[C@@H](Oc2ccccc2)CN1C(=O)CNC(=O)CCCOc1ccccc1. The molecule has 0 spiro atoms. The van der Waals surface area contributed by atoms with Crippen LogP contribution in [0.1, 0.15) is 19.3 Å². The Morgan fingerprint density at radius 2 is 1.66 bits per heavy atom. The zero-order valence-electron chi connectivity index (χ0n) is 18.1. The maximum Gasteiger partial charge on any atom is 0.328 e. The number of nitrogens with zero attached hydrogens (tertiary/aromatic N) is 1. The zero-order chi connectivity index (χ0) is 22.8. The number of esters is 1. The molecule has 0 saturated carbocycles. The number of carbonyl (C=O) groups excluding carboxylic acids is 3. The quantitative estimate of drug-likeness (QED) is 0.450. The van der Waals surface area contributed by atoms with Crippen LogP contribution >= 0.6 is 0 Å². The van der Waals surface area contributed by atoms with Gasteiger partial charge in [0.1, 0.15) is 23.6 Å². The molecule has 1 N–H and O–H groups in total. The Bertz CT molecular complexity index is 890. The molecule has 0 aromatic heterocycles. The van der Waals surface area contributed by atoms with Gasteiger partial charge in [0.05, 0.1) is 26.8 Å². The Labute approximate surface area is 187 Å². The molecule has 2 amide bonds. The molecule has 32 heavy (non-hydrogen) atoms. The minimum Gasteiger partial charge on any atom is -0.494 e. The summed E-state index contributed by atoms with van der Waals surface area (Å²) in [5, 5.41) is 2.62. The summed E-state index contributed by atoms with van der Waals surface area (Å²) in [6.07, 6.45) is 0.755. The number of hydrogen-bond acceptors (Lipinski definition) is 6. The van der Waals surface area contributed by atoms with E-state index in [4.69, 9.17) is 14.2 Å². The maximum atomic E-state index is 12.7. The molecule has 3 rings (SSSR count). The van der Waals surface area contributed by atoms with Crippen LogP contribution in [0.2, 0.25) is 0 Å². The molecule has 0 radical (unpaired) electrons. The molecular weight excluding hydrogens is 412 g/mol. The second-order valence-corrected chi connectivity index (χ2v) is 7.42. The molecule has 170 valence electrons. The molecule has 2 atom stereocenters. The Morgan fingerprint density at radius 3 is 2.31 bits per heavy atom. The summed E-state index contributed by atoms with van der Waals surface area (Å²) in [5.41, 5.74) is 0. The van der Waals surface area contributed by atoms with Crippen molar-refractivity contribution in [1.29, 1.82) is 0 Å². The fourth-order valence-corrected chi connectivity index (χ4v) is 3.51. The van der Waals surface area contributed by atoms with Gasteiger partial charge in [-0.2, -0.15) is 0 Å². The Kier molecular flexibility index (Phi) is 8.48. The first kappa shape index (κ1) is 23.1. The number of rotatable bonds is 10. The normalized spacial score (nSPS) is 17.5. The van der Waals surface area contributed by atoms with E-state index >= 15 is 0 Å². The maximum absolute atomic E-state index is 12.7. The van der Waals surface area contributed by atoms with Gasteiger partial charge in [0.2, 0.25) is 11.8 Å². The molecular formula is C24H28N2O6. The standard InChI is InChI=1S/C24H28N2O6/c1-30-24(29)21-15-20(32-19-11-6-3-7-12-19)17-26(21)23(28)16-25-22(27)13-8-14-31-18-9-4-2-5-10-18/h2-7,9-12,20-21H,8,13-17H2,1H3,(H,25,27)/t20-,21+/m1/s1. The van der Waals surface area contributed by atoms with E-state index in [9.17, 15) is 14.4 Å². The van der Waals surface area contributed by atoms with Crippen molar-refractivity contribution in [1.82, 2.24) is 10.2 Å². The molecule has 1 aliphatic rings. The summed E-state index contributed by atoms with van der Waals surface area (Å²) in [4.78, 5) is 38.4. The highest BCUT2D eigenvalue weighted by Gasteiger charge is 2.41. The second-order valence-electron chi connectivity index (χ2n) is 7.42. The van der Waals surface area contributed by atoms with Gasteiger partial charge in [0.15, 0.2) is 0 Å². The number of carbonyl (C=O) groups is 3. The van der Waals surface area contributed by atoms with Crippen LogP contribution in [0.5, 0.6) is 11.5 Å². The van der Waals surface area contributed by atoms with Gasteiger partial charge in [-0.3, -0.25) is 9.59 Å². The van der Waals surface area contributed by atoms with Crippen LogP contribution < -0.4 is 14.8 Å². The van der Waals surface area contributed by atoms with Crippen LogP contribution in [0.4, 0.5) is 0 Å². The fourth-order valence-electron chi connectivity index (χ4n) is 3.51. The third kappa shape index (κ3) is 6.73. The number of amides is 2. The van der Waals surface area contributed by atoms with Crippen molar-refractivity contribution >= 4 is 17.8 Å². The third-order valence-electron chi connectivity index (χ3n) is 5.10. The summed E-state index contributed by atoms with van der Waals surface area (Å²) < 4.78 is 16.3. The molecule has 1 fully saturated rings. The number of methoxy groups -OCH3 is 1. The van der Waals surface area contributed by atoms with E-state index in [-0.39, 0.29) is 37.4 Å². The van der Waals surface area contributed by atoms with Gasteiger partial charge in [0, 0.05) is 12.8 Å². The van der Waals surface area contributed by atoms with Crippen LogP contribution in [0.25, 0.3) is 0 Å². The summed E-state index contributed by atoms with van der Waals surface area (Å²) >= 11 is 0. The average Bonchev–Trinajstić information content (AvgIpc) is 3.25. The lowest BCUT2D eigenvalue weighted by molar-refractivity contribution is -0.150. The number of likely N-dealkylation sites (tertiary alicyclic amines) is 1. The molecule has 2 aromatic rings. The number of nitrogens with one attached hydrogen (secondary N) is 1. The Balaban J connectivity index is 1.44. The third-order valence-corrected chi connectivity index (χ3v) is 5.10. The lowest BCUT2D eigenvalue weighted by Gasteiger charge is -2.22. The van der Waals surface area contributed by atoms with Crippen LogP contribution in [0.3, 0.4) is 0 Å². The predicted molar refractivity (Wildman–Crippen MR) is 117 cm³/mol. The number of ether oxygens (including phenoxy) is 3. The topological polar surface area (TPSA) is 94.2 Å². The molecule has 1 aliphatic heterocycles. The first-order valence-electron chi connectivity index (χ1n) is 10.6. The monoisotopic (exact) mass is 440 g/mol. The van der Waals surface area contributed by atoms with E-state index in [1.165, 1.54) is 12.0 Å². The number of para-hydroxylation sites is 2. The highest BCUT2D eigenvalue weighted by atomic mass is 16.5. The molecule has 0 unspecified atom stereocenters. The van der Waals surface area contributed by atoms with Crippen molar-refractivity contribution in [2.75, 3.05) is 26.8 Å². The van der Waals surface area contributed by atoms with Crippen molar-refractivity contribution in [2.45, 2.75) is 31.4 Å². The van der Waals surface area contributed by atoms with Gasteiger partial charge in [-0.1, -0.05) is 36.4 Å². The lowest BCUT2D eigenvalue weighted by Crippen LogP contribution is -2.46. The molecule has 0 aliphatic carbocycles. The van der Waals surface area contributed by atoms with Crippen molar-refractivity contribution in [3.63, 3.8) is 0 Å². The molecule has 8 heteroatoms. The van der Waals surface area contributed by atoms with Crippen molar-refractivity contribution in [2.24, 2.45) is 0 Å². The largest absolute Gasteiger partial charge is 0.494 e. The smallest absolute Gasteiger partial charge is 0.328 e. The van der Waals surface area contributed by atoms with E-state index in [1.54, 1.807) is 0 Å². The van der Waals surface area contributed by atoms with Gasteiger partial charge in [-0.25, -0.2) is 4.79 Å².